The minimum atomic E-state index is -0.870. The Morgan fingerprint density at radius 1 is 1.12 bits per heavy atom. The minimum Gasteiger partial charge on any atom is -0.508 e. The van der Waals surface area contributed by atoms with Crippen molar-refractivity contribution in [2.75, 3.05) is 6.54 Å². The fourth-order valence-corrected chi connectivity index (χ4v) is 2.85. The predicted molar refractivity (Wildman–Crippen MR) is 88.5 cm³/mol. The number of carbonyl (C=O) groups is 2. The summed E-state index contributed by atoms with van der Waals surface area (Å²) in [5, 5.41) is 9.42. The van der Waals surface area contributed by atoms with Crippen molar-refractivity contribution in [2.45, 2.75) is 26.0 Å². The van der Waals surface area contributed by atoms with E-state index in [1.165, 1.54) is 23.8 Å². The molecule has 2 aromatic rings. The third-order valence-corrected chi connectivity index (χ3v) is 4.16. The van der Waals surface area contributed by atoms with Crippen LogP contribution in [0.25, 0.3) is 0 Å². The molecule has 5 heteroatoms. The number of rotatable bonds is 3. The molecule has 0 bridgehead atoms. The maximum absolute atomic E-state index is 12.5. The smallest absolute Gasteiger partial charge is 0.339 e. The molecule has 0 aromatic heterocycles. The lowest BCUT2D eigenvalue weighted by atomic mass is 9.99. The highest BCUT2D eigenvalue weighted by molar-refractivity contribution is 5.92. The van der Waals surface area contributed by atoms with E-state index in [1.54, 1.807) is 17.9 Å². The van der Waals surface area contributed by atoms with Gasteiger partial charge < -0.3 is 14.7 Å². The number of fused-ring (bicyclic) bond motifs is 1. The molecule has 1 aliphatic rings. The minimum absolute atomic E-state index is 0.0175. The van der Waals surface area contributed by atoms with Crippen LogP contribution in [0.3, 0.4) is 0 Å². The summed E-state index contributed by atoms with van der Waals surface area (Å²) in [5.74, 6) is -0.849. The lowest BCUT2D eigenvalue weighted by Crippen LogP contribution is -2.42. The van der Waals surface area contributed by atoms with Gasteiger partial charge in [0.2, 0.25) is 0 Å². The van der Waals surface area contributed by atoms with E-state index in [0.29, 0.717) is 13.1 Å². The normalized spacial score (nSPS) is 14.6. The summed E-state index contributed by atoms with van der Waals surface area (Å²) in [6.45, 7) is 2.72. The molecule has 1 amide bonds. The number of phenolic OH excluding ortho intramolecular Hbond substituents is 1. The molecule has 0 aliphatic carbocycles. The Kier molecular flexibility index (Phi) is 4.51. The van der Waals surface area contributed by atoms with E-state index in [2.05, 4.69) is 6.07 Å². The Morgan fingerprint density at radius 3 is 2.62 bits per heavy atom. The SMILES string of the molecule is C[C@H](OC(=O)c1cccc(O)c1)C(=O)N1CCc2ccccc2C1. The van der Waals surface area contributed by atoms with Crippen LogP contribution in [0.15, 0.2) is 48.5 Å². The molecular formula is C19H19NO4. The highest BCUT2D eigenvalue weighted by Crippen LogP contribution is 2.20. The zero-order valence-corrected chi connectivity index (χ0v) is 13.4. The van der Waals surface area contributed by atoms with Crippen molar-refractivity contribution in [3.63, 3.8) is 0 Å². The maximum atomic E-state index is 12.5. The number of aromatic hydroxyl groups is 1. The number of carbonyl (C=O) groups excluding carboxylic acids is 2. The molecule has 0 unspecified atom stereocenters. The average molecular weight is 325 g/mol. The molecule has 1 atom stereocenters. The number of ether oxygens (including phenoxy) is 1. The van der Waals surface area contributed by atoms with Gasteiger partial charge in [-0.3, -0.25) is 4.79 Å². The number of nitrogens with zero attached hydrogens (tertiary/aromatic N) is 1. The molecule has 5 nitrogen and oxygen atoms in total. The standard InChI is InChI=1S/C19H19NO4/c1-13(24-19(23)15-7-4-8-17(21)11-15)18(22)20-10-9-14-5-2-3-6-16(14)12-20/h2-8,11,13,21H,9-10,12H2,1H3/t13-/m0/s1. The fraction of sp³-hybridized carbons (Fsp3) is 0.263. The van der Waals surface area contributed by atoms with Gasteiger partial charge in [0.05, 0.1) is 5.56 Å². The summed E-state index contributed by atoms with van der Waals surface area (Å²) < 4.78 is 5.25. The van der Waals surface area contributed by atoms with Crippen LogP contribution in [-0.4, -0.2) is 34.5 Å². The predicted octanol–water partition coefficient (Wildman–Crippen LogP) is 2.52. The van der Waals surface area contributed by atoms with Gasteiger partial charge in [-0.05, 0) is 42.7 Å². The molecule has 1 heterocycles. The van der Waals surface area contributed by atoms with E-state index in [4.69, 9.17) is 4.74 Å². The molecule has 1 N–H and O–H groups in total. The van der Waals surface area contributed by atoms with E-state index in [0.717, 1.165) is 12.0 Å². The first-order chi connectivity index (χ1) is 11.5. The molecule has 124 valence electrons. The van der Waals surface area contributed by atoms with Crippen molar-refractivity contribution in [3.8, 4) is 5.75 Å². The second kappa shape index (κ2) is 6.74. The first-order valence-corrected chi connectivity index (χ1v) is 7.90. The number of hydrogen-bond donors (Lipinski definition) is 1. The Morgan fingerprint density at radius 2 is 1.88 bits per heavy atom. The van der Waals surface area contributed by atoms with Crippen LogP contribution in [0.2, 0.25) is 0 Å². The molecule has 0 spiro atoms. The van der Waals surface area contributed by atoms with Crippen LogP contribution in [0.1, 0.15) is 28.4 Å². The van der Waals surface area contributed by atoms with Crippen LogP contribution < -0.4 is 0 Å². The van der Waals surface area contributed by atoms with Gasteiger partial charge in [-0.25, -0.2) is 4.79 Å². The lowest BCUT2D eigenvalue weighted by Gasteiger charge is -2.30. The highest BCUT2D eigenvalue weighted by atomic mass is 16.5. The van der Waals surface area contributed by atoms with E-state index in [9.17, 15) is 14.7 Å². The maximum Gasteiger partial charge on any atom is 0.339 e. The molecule has 24 heavy (non-hydrogen) atoms. The molecule has 3 rings (SSSR count). The molecule has 2 aromatic carbocycles. The van der Waals surface area contributed by atoms with Crippen LogP contribution in [0.5, 0.6) is 5.75 Å². The fourth-order valence-electron chi connectivity index (χ4n) is 2.85. The Balaban J connectivity index is 1.64. The average Bonchev–Trinajstić information content (AvgIpc) is 2.60. The zero-order chi connectivity index (χ0) is 17.1. The summed E-state index contributed by atoms with van der Waals surface area (Å²) in [4.78, 5) is 26.3. The number of benzene rings is 2. The summed E-state index contributed by atoms with van der Waals surface area (Å²) in [6.07, 6.45) is -0.0695. The van der Waals surface area contributed by atoms with Crippen LogP contribution in [0, 0.1) is 0 Å². The second-order valence-corrected chi connectivity index (χ2v) is 5.88. The van der Waals surface area contributed by atoms with Crippen LogP contribution in [-0.2, 0) is 22.5 Å². The van der Waals surface area contributed by atoms with Crippen molar-refractivity contribution in [1.29, 1.82) is 0 Å². The molecule has 0 radical (unpaired) electrons. The third-order valence-electron chi connectivity index (χ3n) is 4.16. The van der Waals surface area contributed by atoms with E-state index in [-0.39, 0.29) is 17.2 Å². The van der Waals surface area contributed by atoms with Gasteiger partial charge in [0.25, 0.3) is 5.91 Å². The third kappa shape index (κ3) is 3.40. The van der Waals surface area contributed by atoms with Crippen molar-refractivity contribution < 1.29 is 19.4 Å². The van der Waals surface area contributed by atoms with Gasteiger partial charge in [-0.2, -0.15) is 0 Å². The monoisotopic (exact) mass is 325 g/mol. The van der Waals surface area contributed by atoms with Crippen molar-refractivity contribution in [3.05, 3.63) is 65.2 Å². The van der Waals surface area contributed by atoms with Gasteiger partial charge >= 0.3 is 5.97 Å². The summed E-state index contributed by atoms with van der Waals surface area (Å²) in [7, 11) is 0. The van der Waals surface area contributed by atoms with Crippen molar-refractivity contribution in [2.24, 2.45) is 0 Å². The summed E-state index contributed by atoms with van der Waals surface area (Å²) >= 11 is 0. The van der Waals surface area contributed by atoms with E-state index < -0.39 is 12.1 Å². The Labute approximate surface area is 140 Å². The van der Waals surface area contributed by atoms with Gasteiger partial charge in [0.1, 0.15) is 5.75 Å². The van der Waals surface area contributed by atoms with Gasteiger partial charge in [-0.1, -0.05) is 30.3 Å². The highest BCUT2D eigenvalue weighted by Gasteiger charge is 2.27. The molecule has 0 saturated carbocycles. The first kappa shape index (κ1) is 16.1. The summed E-state index contributed by atoms with van der Waals surface area (Å²) in [6, 6.07) is 13.9. The van der Waals surface area contributed by atoms with Crippen molar-refractivity contribution in [1.82, 2.24) is 4.90 Å². The number of phenols is 1. The molecular weight excluding hydrogens is 306 g/mol. The van der Waals surface area contributed by atoms with Gasteiger partial charge in [0, 0.05) is 13.1 Å². The first-order valence-electron chi connectivity index (χ1n) is 7.90. The lowest BCUT2D eigenvalue weighted by molar-refractivity contribution is -0.140. The molecule has 0 fully saturated rings. The second-order valence-electron chi connectivity index (χ2n) is 5.88. The van der Waals surface area contributed by atoms with E-state index >= 15 is 0 Å². The number of esters is 1. The van der Waals surface area contributed by atoms with Crippen LogP contribution >= 0.6 is 0 Å². The topological polar surface area (TPSA) is 66.8 Å². The van der Waals surface area contributed by atoms with E-state index in [1.807, 2.05) is 18.2 Å². The van der Waals surface area contributed by atoms with Crippen LogP contribution in [0.4, 0.5) is 0 Å². The van der Waals surface area contributed by atoms with Gasteiger partial charge in [0.15, 0.2) is 6.10 Å². The number of hydrogen-bond acceptors (Lipinski definition) is 4. The quantitative estimate of drug-likeness (QED) is 0.881. The number of amides is 1. The Hall–Kier alpha value is -2.82. The Bertz CT molecular complexity index is 771. The molecule has 1 aliphatic heterocycles. The molecule has 0 saturated heterocycles. The van der Waals surface area contributed by atoms with Crippen molar-refractivity contribution >= 4 is 11.9 Å². The largest absolute Gasteiger partial charge is 0.508 e. The zero-order valence-electron chi connectivity index (χ0n) is 13.4. The summed E-state index contributed by atoms with van der Waals surface area (Å²) in [5.41, 5.74) is 2.60. The van der Waals surface area contributed by atoms with Gasteiger partial charge in [-0.15, -0.1) is 0 Å².